The lowest BCUT2D eigenvalue weighted by Gasteiger charge is -2.09. The highest BCUT2D eigenvalue weighted by atomic mass is 35.5. The number of aromatic nitrogens is 2. The fourth-order valence-corrected chi connectivity index (χ4v) is 4.89. The lowest BCUT2D eigenvalue weighted by molar-refractivity contribution is 0.0999. The molecular weight excluding hydrogens is 520 g/mol. The van der Waals surface area contributed by atoms with Crippen molar-refractivity contribution in [2.45, 2.75) is 24.8 Å². The molecular formula is C29H23ClN4O3S. The van der Waals surface area contributed by atoms with E-state index in [-0.39, 0.29) is 22.2 Å². The van der Waals surface area contributed by atoms with E-state index in [2.05, 4.69) is 20.6 Å². The normalized spacial score (nSPS) is 10.9. The number of carbonyl (C=O) groups is 2. The van der Waals surface area contributed by atoms with E-state index < -0.39 is 11.8 Å². The van der Waals surface area contributed by atoms with Crippen molar-refractivity contribution in [2.75, 3.05) is 10.6 Å². The maximum Gasteiger partial charge on any atom is 0.293 e. The van der Waals surface area contributed by atoms with Crippen LogP contribution in [-0.4, -0.2) is 21.8 Å². The summed E-state index contributed by atoms with van der Waals surface area (Å²) in [5, 5.41) is 6.71. The van der Waals surface area contributed by atoms with Crippen LogP contribution in [0.25, 0.3) is 11.0 Å². The first-order valence-corrected chi connectivity index (χ1v) is 13.2. The third-order valence-corrected chi connectivity index (χ3v) is 7.09. The molecule has 0 aliphatic rings. The van der Waals surface area contributed by atoms with Gasteiger partial charge in [0.2, 0.25) is 5.76 Å². The summed E-state index contributed by atoms with van der Waals surface area (Å²) >= 11 is 7.72. The van der Waals surface area contributed by atoms with E-state index >= 15 is 0 Å². The van der Waals surface area contributed by atoms with Crippen LogP contribution in [0, 0.1) is 13.8 Å². The van der Waals surface area contributed by atoms with Gasteiger partial charge in [0, 0.05) is 16.8 Å². The Kier molecular flexibility index (Phi) is 7.44. The molecule has 38 heavy (non-hydrogen) atoms. The van der Waals surface area contributed by atoms with Gasteiger partial charge in [-0.15, -0.1) is 0 Å². The molecule has 0 spiro atoms. The van der Waals surface area contributed by atoms with Crippen molar-refractivity contribution in [3.63, 3.8) is 0 Å². The first kappa shape index (κ1) is 25.5. The van der Waals surface area contributed by atoms with Crippen molar-refractivity contribution in [3.8, 4) is 0 Å². The Labute approximate surface area is 228 Å². The molecule has 0 fully saturated rings. The predicted octanol–water partition coefficient (Wildman–Crippen LogP) is 7.29. The van der Waals surface area contributed by atoms with Gasteiger partial charge in [-0.2, -0.15) is 0 Å². The van der Waals surface area contributed by atoms with Gasteiger partial charge in [-0.05, 0) is 49.2 Å². The number of thioether (sulfide) groups is 1. The lowest BCUT2D eigenvalue weighted by Crippen LogP contribution is -2.18. The largest absolute Gasteiger partial charge is 0.449 e. The molecule has 0 radical (unpaired) electrons. The van der Waals surface area contributed by atoms with Crippen LogP contribution < -0.4 is 10.6 Å². The molecule has 0 aliphatic carbocycles. The van der Waals surface area contributed by atoms with Gasteiger partial charge in [-0.3, -0.25) is 9.59 Å². The number of hydrogen-bond donors (Lipinski definition) is 2. The number of hydrogen-bond acceptors (Lipinski definition) is 6. The average molecular weight is 543 g/mol. The van der Waals surface area contributed by atoms with Gasteiger partial charge in [0.05, 0.1) is 11.2 Å². The third kappa shape index (κ3) is 5.56. The molecule has 190 valence electrons. The molecule has 3 aromatic carbocycles. The minimum absolute atomic E-state index is 0.00382. The van der Waals surface area contributed by atoms with E-state index in [1.165, 1.54) is 18.0 Å². The number of fused-ring (bicyclic) bond motifs is 1. The number of aryl methyl sites for hydroxylation is 2. The summed E-state index contributed by atoms with van der Waals surface area (Å²) in [4.78, 5) is 35.2. The molecule has 2 heterocycles. The number of nitrogens with zero attached hydrogens (tertiary/aromatic N) is 2. The fourth-order valence-electron chi connectivity index (χ4n) is 3.82. The summed E-state index contributed by atoms with van der Waals surface area (Å²) in [5.74, 6) is -0.459. The van der Waals surface area contributed by atoms with Crippen molar-refractivity contribution in [2.24, 2.45) is 0 Å². The molecule has 2 N–H and O–H groups in total. The Hall–Kier alpha value is -4.14. The molecule has 2 amide bonds. The SMILES string of the molecule is Cc1ccc(NC(=O)c2oc3ccccc3c2NC(=O)c2nc(SCc3ccccc3C)ncc2Cl)cc1. The summed E-state index contributed by atoms with van der Waals surface area (Å²) in [6.07, 6.45) is 1.40. The quantitative estimate of drug-likeness (QED) is 0.165. The summed E-state index contributed by atoms with van der Waals surface area (Å²) in [6.45, 7) is 4.00. The van der Waals surface area contributed by atoms with Gasteiger partial charge in [-0.25, -0.2) is 9.97 Å². The summed E-state index contributed by atoms with van der Waals surface area (Å²) < 4.78 is 5.85. The highest BCUT2D eigenvalue weighted by molar-refractivity contribution is 7.98. The summed E-state index contributed by atoms with van der Waals surface area (Å²) in [6, 6.07) is 22.5. The molecule has 0 aliphatic heterocycles. The van der Waals surface area contributed by atoms with Crippen LogP contribution in [0.4, 0.5) is 11.4 Å². The van der Waals surface area contributed by atoms with Crippen LogP contribution in [0.2, 0.25) is 5.02 Å². The van der Waals surface area contributed by atoms with E-state index in [4.69, 9.17) is 16.0 Å². The molecule has 7 nitrogen and oxygen atoms in total. The minimum Gasteiger partial charge on any atom is -0.449 e. The molecule has 0 saturated carbocycles. The molecule has 0 atom stereocenters. The van der Waals surface area contributed by atoms with Crippen molar-refractivity contribution in [3.05, 3.63) is 112 Å². The second-order valence-electron chi connectivity index (χ2n) is 8.64. The number of para-hydroxylation sites is 1. The van der Waals surface area contributed by atoms with Crippen LogP contribution in [-0.2, 0) is 5.75 Å². The maximum absolute atomic E-state index is 13.4. The van der Waals surface area contributed by atoms with Crippen LogP contribution in [0.5, 0.6) is 0 Å². The van der Waals surface area contributed by atoms with Gasteiger partial charge in [0.1, 0.15) is 11.3 Å². The van der Waals surface area contributed by atoms with Gasteiger partial charge >= 0.3 is 0 Å². The fraction of sp³-hybridized carbons (Fsp3) is 0.103. The summed E-state index contributed by atoms with van der Waals surface area (Å²) in [5.41, 5.74) is 4.68. The van der Waals surface area contributed by atoms with Crippen molar-refractivity contribution in [1.29, 1.82) is 0 Å². The Morgan fingerprint density at radius 1 is 0.921 bits per heavy atom. The highest BCUT2D eigenvalue weighted by Gasteiger charge is 2.24. The standard InChI is InChI=1S/C29H23ClN4O3S/c1-17-11-13-20(14-12-17)32-28(36)26-24(21-9-5-6-10-23(21)37-26)33-27(35)25-22(30)15-31-29(34-25)38-16-19-8-4-3-7-18(19)2/h3-15H,16H2,1-2H3,(H,32,36)(H,33,35). The van der Waals surface area contributed by atoms with E-state index in [1.54, 1.807) is 36.4 Å². The number of halogens is 1. The van der Waals surface area contributed by atoms with E-state index in [1.807, 2.05) is 50.2 Å². The van der Waals surface area contributed by atoms with E-state index in [0.717, 1.165) is 16.7 Å². The number of furan rings is 1. The monoisotopic (exact) mass is 542 g/mol. The molecule has 0 unspecified atom stereocenters. The number of nitrogens with one attached hydrogen (secondary N) is 2. The Morgan fingerprint density at radius 3 is 2.45 bits per heavy atom. The molecule has 0 saturated heterocycles. The second kappa shape index (κ2) is 11.1. The van der Waals surface area contributed by atoms with Crippen molar-refractivity contribution >= 4 is 57.5 Å². The molecule has 5 rings (SSSR count). The van der Waals surface area contributed by atoms with Gasteiger partial charge in [0.15, 0.2) is 10.9 Å². The number of amides is 2. The summed E-state index contributed by atoms with van der Waals surface area (Å²) in [7, 11) is 0. The average Bonchev–Trinajstić information content (AvgIpc) is 3.28. The Morgan fingerprint density at radius 2 is 1.66 bits per heavy atom. The molecule has 9 heteroatoms. The third-order valence-electron chi connectivity index (χ3n) is 5.90. The van der Waals surface area contributed by atoms with Crippen LogP contribution >= 0.6 is 23.4 Å². The zero-order valence-electron chi connectivity index (χ0n) is 20.6. The first-order chi connectivity index (χ1) is 18.4. The molecule has 5 aromatic rings. The maximum atomic E-state index is 13.4. The Balaban J connectivity index is 1.41. The smallest absolute Gasteiger partial charge is 0.293 e. The first-order valence-electron chi connectivity index (χ1n) is 11.8. The van der Waals surface area contributed by atoms with Crippen molar-refractivity contribution in [1.82, 2.24) is 9.97 Å². The van der Waals surface area contributed by atoms with Crippen LogP contribution in [0.3, 0.4) is 0 Å². The van der Waals surface area contributed by atoms with Gasteiger partial charge < -0.3 is 15.1 Å². The Bertz CT molecular complexity index is 1650. The van der Waals surface area contributed by atoms with Crippen LogP contribution in [0.15, 0.2) is 88.6 Å². The molecule has 2 aromatic heterocycles. The van der Waals surface area contributed by atoms with E-state index in [9.17, 15) is 9.59 Å². The second-order valence-corrected chi connectivity index (χ2v) is 9.99. The number of anilines is 2. The zero-order chi connectivity index (χ0) is 26.6. The van der Waals surface area contributed by atoms with Gasteiger partial charge in [0.25, 0.3) is 11.8 Å². The van der Waals surface area contributed by atoms with E-state index in [0.29, 0.717) is 27.6 Å². The molecule has 0 bridgehead atoms. The number of benzene rings is 3. The highest BCUT2D eigenvalue weighted by Crippen LogP contribution is 2.32. The minimum atomic E-state index is -0.578. The topological polar surface area (TPSA) is 97.1 Å². The number of carbonyl (C=O) groups excluding carboxylic acids is 2. The zero-order valence-corrected chi connectivity index (χ0v) is 22.2. The van der Waals surface area contributed by atoms with Crippen molar-refractivity contribution < 1.29 is 14.0 Å². The van der Waals surface area contributed by atoms with Gasteiger partial charge in [-0.1, -0.05) is 77.5 Å². The lowest BCUT2D eigenvalue weighted by atomic mass is 10.1. The number of rotatable bonds is 7. The predicted molar refractivity (Wildman–Crippen MR) is 151 cm³/mol. The van der Waals surface area contributed by atoms with Crippen LogP contribution in [0.1, 0.15) is 37.7 Å².